The number of piperidine rings is 2. The highest BCUT2D eigenvalue weighted by Gasteiger charge is 2.50. The minimum atomic E-state index is -0.354. The van der Waals surface area contributed by atoms with Crippen LogP contribution in [0.4, 0.5) is 0 Å². The van der Waals surface area contributed by atoms with E-state index in [0.29, 0.717) is 24.5 Å². The molecule has 2 saturated heterocycles. The van der Waals surface area contributed by atoms with Gasteiger partial charge in [-0.1, -0.05) is 19.1 Å². The molecule has 0 radical (unpaired) electrons. The molecular weight excluding hydrogens is 392 g/mol. The van der Waals surface area contributed by atoms with Crippen LogP contribution in [0, 0.1) is 0 Å². The molecule has 7 nitrogen and oxygen atoms in total. The van der Waals surface area contributed by atoms with Crippen molar-refractivity contribution in [1.29, 1.82) is 0 Å². The van der Waals surface area contributed by atoms with Gasteiger partial charge in [0.1, 0.15) is 11.4 Å². The van der Waals surface area contributed by atoms with E-state index in [1.165, 1.54) is 0 Å². The van der Waals surface area contributed by atoms with E-state index in [-0.39, 0.29) is 23.4 Å². The van der Waals surface area contributed by atoms with Crippen LogP contribution in [0.15, 0.2) is 30.3 Å². The molecule has 7 heteroatoms. The molecule has 4 rings (SSSR count). The van der Waals surface area contributed by atoms with E-state index in [1.54, 1.807) is 6.92 Å². The Morgan fingerprint density at radius 3 is 2.84 bits per heavy atom. The molecule has 1 N–H and O–H groups in total. The van der Waals surface area contributed by atoms with Crippen LogP contribution in [0.2, 0.25) is 0 Å². The van der Waals surface area contributed by atoms with Gasteiger partial charge in [0.15, 0.2) is 0 Å². The number of hydrogen-bond donors (Lipinski definition) is 1. The number of likely N-dealkylation sites (tertiary alicyclic amines) is 2. The zero-order chi connectivity index (χ0) is 22.0. The van der Waals surface area contributed by atoms with Crippen molar-refractivity contribution in [1.82, 2.24) is 20.0 Å². The molecule has 2 aliphatic rings. The van der Waals surface area contributed by atoms with Crippen molar-refractivity contribution >= 4 is 11.8 Å². The third-order valence-corrected chi connectivity index (χ3v) is 6.73. The molecule has 166 valence electrons. The van der Waals surface area contributed by atoms with Crippen LogP contribution in [0.25, 0.3) is 11.3 Å². The summed E-state index contributed by atoms with van der Waals surface area (Å²) < 4.78 is 5.86. The summed E-state index contributed by atoms with van der Waals surface area (Å²) in [6, 6.07) is 9.65. The van der Waals surface area contributed by atoms with Crippen LogP contribution in [0.3, 0.4) is 0 Å². The monoisotopic (exact) mass is 424 g/mol. The lowest BCUT2D eigenvalue weighted by atomic mass is 9.76. The second-order valence-electron chi connectivity index (χ2n) is 8.80. The fourth-order valence-corrected chi connectivity index (χ4v) is 5.19. The third-order valence-electron chi connectivity index (χ3n) is 6.73. The van der Waals surface area contributed by atoms with Crippen molar-refractivity contribution in [3.63, 3.8) is 0 Å². The van der Waals surface area contributed by atoms with Gasteiger partial charge >= 0.3 is 0 Å². The van der Waals surface area contributed by atoms with Crippen molar-refractivity contribution < 1.29 is 14.3 Å². The first kappa shape index (κ1) is 21.4. The predicted octanol–water partition coefficient (Wildman–Crippen LogP) is 3.87. The number of fused-ring (bicyclic) bond motifs is 1. The van der Waals surface area contributed by atoms with Crippen LogP contribution in [0.5, 0.6) is 5.75 Å². The first-order valence-corrected chi connectivity index (χ1v) is 11.3. The number of hydrogen-bond acceptors (Lipinski definition) is 4. The highest BCUT2D eigenvalue weighted by Crippen LogP contribution is 2.40. The first-order valence-electron chi connectivity index (χ1n) is 11.3. The largest absolute Gasteiger partial charge is 0.493 e. The Bertz CT molecular complexity index is 956. The van der Waals surface area contributed by atoms with Gasteiger partial charge in [-0.2, -0.15) is 5.10 Å². The highest BCUT2D eigenvalue weighted by molar-refractivity contribution is 5.94. The van der Waals surface area contributed by atoms with E-state index in [9.17, 15) is 9.59 Å². The van der Waals surface area contributed by atoms with Gasteiger partial charge in [-0.3, -0.25) is 14.7 Å². The number of aromatic nitrogens is 2. The zero-order valence-corrected chi connectivity index (χ0v) is 18.7. The molecule has 1 aromatic heterocycles. The van der Waals surface area contributed by atoms with E-state index in [2.05, 4.69) is 24.0 Å². The number of H-pyrrole nitrogens is 1. The van der Waals surface area contributed by atoms with E-state index in [1.807, 2.05) is 40.1 Å². The van der Waals surface area contributed by atoms with Gasteiger partial charge in [0.25, 0.3) is 5.91 Å². The fourth-order valence-electron chi connectivity index (χ4n) is 5.19. The second kappa shape index (κ2) is 8.73. The van der Waals surface area contributed by atoms with Crippen molar-refractivity contribution in [2.75, 3.05) is 19.7 Å². The number of ether oxygens (including phenoxy) is 1. The van der Waals surface area contributed by atoms with Crippen molar-refractivity contribution in [2.24, 2.45) is 0 Å². The molecule has 2 aliphatic heterocycles. The average Bonchev–Trinajstić information content (AvgIpc) is 3.26. The Kier molecular flexibility index (Phi) is 6.03. The maximum Gasteiger partial charge on any atom is 0.272 e. The van der Waals surface area contributed by atoms with Gasteiger partial charge in [0.2, 0.25) is 5.91 Å². The van der Waals surface area contributed by atoms with Crippen LogP contribution < -0.4 is 4.74 Å². The lowest BCUT2D eigenvalue weighted by Crippen LogP contribution is -2.68. The van der Waals surface area contributed by atoms with Crippen LogP contribution >= 0.6 is 0 Å². The van der Waals surface area contributed by atoms with Gasteiger partial charge in [0.05, 0.1) is 23.9 Å². The molecular formula is C24H32N4O3. The topological polar surface area (TPSA) is 78.5 Å². The lowest BCUT2D eigenvalue weighted by Gasteiger charge is -2.56. The van der Waals surface area contributed by atoms with E-state index in [4.69, 9.17) is 4.74 Å². The SMILES string of the molecule is CCCOc1ccccc1-c1cc(C(=O)N2CCC[C@@H]3N(C(C)=O)CCC[C@@]32C)[nH]n1. The minimum Gasteiger partial charge on any atom is -0.493 e. The molecule has 0 spiro atoms. The van der Waals surface area contributed by atoms with E-state index >= 15 is 0 Å². The number of nitrogens with one attached hydrogen (secondary N) is 1. The van der Waals surface area contributed by atoms with Crippen LogP contribution in [0.1, 0.15) is 63.4 Å². The minimum absolute atomic E-state index is 0.0525. The summed E-state index contributed by atoms with van der Waals surface area (Å²) in [4.78, 5) is 29.7. The molecule has 0 bridgehead atoms. The molecule has 2 fully saturated rings. The number of aromatic amines is 1. The quantitative estimate of drug-likeness (QED) is 0.790. The zero-order valence-electron chi connectivity index (χ0n) is 18.7. The third kappa shape index (κ3) is 3.93. The summed E-state index contributed by atoms with van der Waals surface area (Å²) >= 11 is 0. The molecule has 3 heterocycles. The Morgan fingerprint density at radius 1 is 1.26 bits per heavy atom. The van der Waals surface area contributed by atoms with Crippen molar-refractivity contribution in [2.45, 2.75) is 64.5 Å². The molecule has 0 unspecified atom stereocenters. The van der Waals surface area contributed by atoms with Crippen LogP contribution in [-0.2, 0) is 4.79 Å². The number of amides is 2. The van der Waals surface area contributed by atoms with Gasteiger partial charge in [0, 0.05) is 25.6 Å². The first-order chi connectivity index (χ1) is 15.0. The molecule has 0 saturated carbocycles. The van der Waals surface area contributed by atoms with Gasteiger partial charge in [-0.05, 0) is 57.2 Å². The summed E-state index contributed by atoms with van der Waals surface area (Å²) in [5.41, 5.74) is 1.69. The normalized spacial score (nSPS) is 23.4. The Hall–Kier alpha value is -2.83. The number of rotatable bonds is 5. The summed E-state index contributed by atoms with van der Waals surface area (Å²) in [6.07, 6.45) is 4.57. The van der Waals surface area contributed by atoms with Gasteiger partial charge < -0.3 is 14.5 Å². The standard InChI is InChI=1S/C24H32N4O3/c1-4-15-31-21-10-6-5-9-18(21)19-16-20(26-25-19)23(30)28-14-7-11-22-24(28,3)12-8-13-27(22)17(2)29/h5-6,9-10,16,22H,4,7-8,11-15H2,1-3H3,(H,25,26)/t22-,24-/m0/s1. The van der Waals surface area contributed by atoms with Crippen LogP contribution in [-0.4, -0.2) is 63.1 Å². The number of para-hydroxylation sites is 1. The predicted molar refractivity (Wildman–Crippen MR) is 119 cm³/mol. The van der Waals surface area contributed by atoms with Crippen molar-refractivity contribution in [3.8, 4) is 17.0 Å². The average molecular weight is 425 g/mol. The molecule has 0 aliphatic carbocycles. The summed E-state index contributed by atoms with van der Waals surface area (Å²) in [7, 11) is 0. The number of benzene rings is 1. The molecule has 2 aromatic rings. The maximum atomic E-state index is 13.6. The molecule has 2 amide bonds. The van der Waals surface area contributed by atoms with Crippen molar-refractivity contribution in [3.05, 3.63) is 36.0 Å². The molecule has 2 atom stereocenters. The fraction of sp³-hybridized carbons (Fsp3) is 0.542. The van der Waals surface area contributed by atoms with Gasteiger partial charge in [-0.15, -0.1) is 0 Å². The molecule has 1 aromatic carbocycles. The van der Waals surface area contributed by atoms with E-state index < -0.39 is 0 Å². The molecule has 31 heavy (non-hydrogen) atoms. The maximum absolute atomic E-state index is 13.6. The summed E-state index contributed by atoms with van der Waals surface area (Å²) in [5, 5.41) is 7.38. The lowest BCUT2D eigenvalue weighted by molar-refractivity contribution is -0.140. The Balaban J connectivity index is 1.60. The number of carbonyl (C=O) groups excluding carboxylic acids is 2. The smallest absolute Gasteiger partial charge is 0.272 e. The Labute approximate surface area is 183 Å². The second-order valence-corrected chi connectivity index (χ2v) is 8.80. The summed E-state index contributed by atoms with van der Waals surface area (Å²) in [6.45, 7) is 7.94. The number of nitrogens with zero attached hydrogens (tertiary/aromatic N) is 3. The summed E-state index contributed by atoms with van der Waals surface area (Å²) in [5.74, 6) is 0.810. The van der Waals surface area contributed by atoms with Gasteiger partial charge in [-0.25, -0.2) is 0 Å². The van der Waals surface area contributed by atoms with E-state index in [0.717, 1.165) is 50.0 Å². The highest BCUT2D eigenvalue weighted by atomic mass is 16.5. The number of carbonyl (C=O) groups is 2. The Morgan fingerprint density at radius 2 is 2.06 bits per heavy atom.